The fraction of sp³-hybridized carbons (Fsp3) is 0.643. The molecule has 1 saturated carbocycles. The summed E-state index contributed by atoms with van der Waals surface area (Å²) in [7, 11) is 0. The first kappa shape index (κ1) is 12.9. The van der Waals surface area contributed by atoms with Crippen molar-refractivity contribution in [2.75, 3.05) is 5.32 Å². The first-order valence-corrected chi connectivity index (χ1v) is 7.33. The lowest BCUT2D eigenvalue weighted by Crippen LogP contribution is -2.29. The maximum atomic E-state index is 4.25. The largest absolute Gasteiger partial charge is 0.380 e. The summed E-state index contributed by atoms with van der Waals surface area (Å²) in [6.07, 6.45) is 7.12. The number of nitrogens with zero attached hydrogens (tertiary/aromatic N) is 1. The number of hydrogen-bond donors (Lipinski definition) is 1. The minimum Gasteiger partial charge on any atom is -0.380 e. The lowest BCUT2D eigenvalue weighted by molar-refractivity contribution is 0.264. The van der Waals surface area contributed by atoms with E-state index in [-0.39, 0.29) is 0 Å². The van der Waals surface area contributed by atoms with E-state index >= 15 is 0 Å². The van der Waals surface area contributed by atoms with Gasteiger partial charge in [-0.1, -0.05) is 26.7 Å². The van der Waals surface area contributed by atoms with Crippen LogP contribution >= 0.6 is 15.9 Å². The van der Waals surface area contributed by atoms with Crippen molar-refractivity contribution < 1.29 is 0 Å². The molecule has 94 valence electrons. The summed E-state index contributed by atoms with van der Waals surface area (Å²) < 4.78 is 0.923. The van der Waals surface area contributed by atoms with Crippen LogP contribution in [0.5, 0.6) is 0 Å². The smallest absolute Gasteiger partial charge is 0.129 e. The monoisotopic (exact) mass is 296 g/mol. The molecule has 1 N–H and O–H groups in total. The Morgan fingerprint density at radius 2 is 2.24 bits per heavy atom. The van der Waals surface area contributed by atoms with Gasteiger partial charge in [-0.2, -0.15) is 0 Å². The second kappa shape index (κ2) is 5.85. The number of pyridine rings is 1. The molecule has 0 amide bonds. The van der Waals surface area contributed by atoms with Crippen LogP contribution < -0.4 is 5.32 Å². The van der Waals surface area contributed by atoms with Crippen molar-refractivity contribution in [3.8, 4) is 0 Å². The van der Waals surface area contributed by atoms with E-state index in [0.717, 1.165) is 22.1 Å². The highest BCUT2D eigenvalue weighted by atomic mass is 79.9. The summed E-state index contributed by atoms with van der Waals surface area (Å²) in [4.78, 5) is 4.25. The number of nitrogens with one attached hydrogen (secondary N) is 1. The minimum absolute atomic E-state index is 0.608. The predicted molar refractivity (Wildman–Crippen MR) is 76.1 cm³/mol. The molecule has 1 aliphatic rings. The summed E-state index contributed by atoms with van der Waals surface area (Å²) in [5, 5.41) is 3.62. The molecule has 0 bridgehead atoms. The van der Waals surface area contributed by atoms with Crippen LogP contribution in [0, 0.1) is 11.8 Å². The molecule has 2 rings (SSSR count). The summed E-state index contributed by atoms with van der Waals surface area (Å²) in [5.41, 5.74) is 1.13. The van der Waals surface area contributed by atoms with Gasteiger partial charge in [0.05, 0.1) is 5.69 Å². The van der Waals surface area contributed by atoms with Crippen LogP contribution in [0.2, 0.25) is 0 Å². The maximum Gasteiger partial charge on any atom is 0.129 e. The molecule has 1 heterocycles. The number of hydrogen-bond acceptors (Lipinski definition) is 2. The Morgan fingerprint density at radius 1 is 1.41 bits per heavy atom. The molecule has 1 aromatic rings. The van der Waals surface area contributed by atoms with Crippen LogP contribution in [0.1, 0.15) is 39.5 Å². The van der Waals surface area contributed by atoms with E-state index in [1.165, 1.54) is 25.7 Å². The fourth-order valence-electron chi connectivity index (χ4n) is 2.68. The molecule has 0 radical (unpaired) electrons. The Bertz CT molecular complexity index is 365. The number of aromatic nitrogens is 1. The van der Waals surface area contributed by atoms with E-state index < -0.39 is 0 Å². The lowest BCUT2D eigenvalue weighted by atomic mass is 9.79. The molecule has 2 atom stereocenters. The van der Waals surface area contributed by atoms with Crippen molar-refractivity contribution in [2.45, 2.75) is 45.6 Å². The standard InChI is InChI=1S/C14H21BrN2/c1-10(2)11-5-3-6-12(9-11)17-13-7-4-8-16-14(13)15/h4,7-8,10-12,17H,3,5-6,9H2,1-2H3. The van der Waals surface area contributed by atoms with Gasteiger partial charge in [-0.15, -0.1) is 0 Å². The van der Waals surface area contributed by atoms with Crippen molar-refractivity contribution in [2.24, 2.45) is 11.8 Å². The summed E-state index contributed by atoms with van der Waals surface area (Å²) in [6.45, 7) is 4.68. The summed E-state index contributed by atoms with van der Waals surface area (Å²) in [6, 6.07) is 4.68. The third-order valence-corrected chi connectivity index (χ3v) is 4.41. The van der Waals surface area contributed by atoms with Gasteiger partial charge in [0.2, 0.25) is 0 Å². The highest BCUT2D eigenvalue weighted by Crippen LogP contribution is 2.32. The minimum atomic E-state index is 0.608. The third kappa shape index (κ3) is 3.44. The lowest BCUT2D eigenvalue weighted by Gasteiger charge is -2.32. The van der Waals surface area contributed by atoms with E-state index in [4.69, 9.17) is 0 Å². The normalized spacial score (nSPS) is 24.9. The Labute approximate surface area is 112 Å². The van der Waals surface area contributed by atoms with Gasteiger partial charge >= 0.3 is 0 Å². The van der Waals surface area contributed by atoms with Crippen LogP contribution in [0.3, 0.4) is 0 Å². The highest BCUT2D eigenvalue weighted by molar-refractivity contribution is 9.10. The quantitative estimate of drug-likeness (QED) is 0.833. The van der Waals surface area contributed by atoms with Crippen LogP contribution in [0.15, 0.2) is 22.9 Å². The molecule has 0 saturated heterocycles. The zero-order valence-corrected chi connectivity index (χ0v) is 12.2. The average molecular weight is 297 g/mol. The maximum absolute atomic E-state index is 4.25. The van der Waals surface area contributed by atoms with Crippen molar-refractivity contribution in [3.63, 3.8) is 0 Å². The molecular weight excluding hydrogens is 276 g/mol. The van der Waals surface area contributed by atoms with Crippen LogP contribution in [0.4, 0.5) is 5.69 Å². The Morgan fingerprint density at radius 3 is 2.94 bits per heavy atom. The first-order valence-electron chi connectivity index (χ1n) is 6.54. The molecule has 3 heteroatoms. The predicted octanol–water partition coefficient (Wildman–Crippen LogP) is 4.47. The van der Waals surface area contributed by atoms with Crippen molar-refractivity contribution >= 4 is 21.6 Å². The van der Waals surface area contributed by atoms with Crippen LogP contribution in [-0.4, -0.2) is 11.0 Å². The first-order chi connectivity index (χ1) is 8.16. The van der Waals surface area contributed by atoms with Gasteiger partial charge in [-0.05, 0) is 52.7 Å². The van der Waals surface area contributed by atoms with Gasteiger partial charge < -0.3 is 5.32 Å². The van der Waals surface area contributed by atoms with E-state index in [0.29, 0.717) is 6.04 Å². The number of anilines is 1. The molecule has 2 unspecified atom stereocenters. The fourth-order valence-corrected chi connectivity index (χ4v) is 3.04. The SMILES string of the molecule is CC(C)C1CCCC(Nc2cccnc2Br)C1. The Hall–Kier alpha value is -0.570. The molecule has 0 aromatic carbocycles. The van der Waals surface area contributed by atoms with Gasteiger partial charge in [0.25, 0.3) is 0 Å². The van der Waals surface area contributed by atoms with Gasteiger partial charge in [-0.25, -0.2) is 4.98 Å². The van der Waals surface area contributed by atoms with E-state index in [1.807, 2.05) is 12.3 Å². The van der Waals surface area contributed by atoms with E-state index in [9.17, 15) is 0 Å². The summed E-state index contributed by atoms with van der Waals surface area (Å²) >= 11 is 3.49. The Balaban J connectivity index is 1.97. The zero-order chi connectivity index (χ0) is 12.3. The van der Waals surface area contributed by atoms with Crippen molar-refractivity contribution in [1.29, 1.82) is 0 Å². The second-order valence-corrected chi connectivity index (χ2v) is 6.10. The molecule has 1 aromatic heterocycles. The molecule has 2 nitrogen and oxygen atoms in total. The van der Waals surface area contributed by atoms with Crippen molar-refractivity contribution in [3.05, 3.63) is 22.9 Å². The second-order valence-electron chi connectivity index (χ2n) is 5.35. The number of rotatable bonds is 3. The summed E-state index contributed by atoms with van der Waals surface area (Å²) in [5.74, 6) is 1.67. The van der Waals surface area contributed by atoms with Crippen LogP contribution in [-0.2, 0) is 0 Å². The zero-order valence-electron chi connectivity index (χ0n) is 10.6. The third-order valence-electron chi connectivity index (χ3n) is 3.78. The molecule has 1 aliphatic carbocycles. The topological polar surface area (TPSA) is 24.9 Å². The molecular formula is C14H21BrN2. The molecule has 1 fully saturated rings. The number of halogens is 1. The van der Waals surface area contributed by atoms with Gasteiger partial charge in [0.1, 0.15) is 4.60 Å². The van der Waals surface area contributed by atoms with Gasteiger partial charge in [-0.3, -0.25) is 0 Å². The molecule has 0 aliphatic heterocycles. The van der Waals surface area contributed by atoms with E-state index in [2.05, 4.69) is 46.1 Å². The van der Waals surface area contributed by atoms with Gasteiger partial charge in [0.15, 0.2) is 0 Å². The highest BCUT2D eigenvalue weighted by Gasteiger charge is 2.24. The Kier molecular flexibility index (Phi) is 4.43. The van der Waals surface area contributed by atoms with Gasteiger partial charge in [0, 0.05) is 12.2 Å². The van der Waals surface area contributed by atoms with Crippen molar-refractivity contribution in [1.82, 2.24) is 4.98 Å². The molecule has 17 heavy (non-hydrogen) atoms. The molecule has 0 spiro atoms. The average Bonchev–Trinajstić information content (AvgIpc) is 2.32. The van der Waals surface area contributed by atoms with Crippen LogP contribution in [0.25, 0.3) is 0 Å². The van der Waals surface area contributed by atoms with E-state index in [1.54, 1.807) is 0 Å².